The number of carbonyl (C=O) groups is 1. The average molecular weight is 438 g/mol. The van der Waals surface area contributed by atoms with Crippen LogP contribution in [0.2, 0.25) is 0 Å². The Morgan fingerprint density at radius 3 is 2.69 bits per heavy atom. The molecule has 1 amide bonds. The zero-order valence-electron chi connectivity index (χ0n) is 20.1. The second-order valence-corrected chi connectivity index (χ2v) is 9.86. The van der Waals surface area contributed by atoms with Gasteiger partial charge in [0.05, 0.1) is 12.2 Å². The van der Waals surface area contributed by atoms with Gasteiger partial charge in [0.2, 0.25) is 5.91 Å². The number of rotatable bonds is 5. The molecule has 1 aromatic heterocycles. The number of benzene rings is 1. The molecule has 0 unspecified atom stereocenters. The van der Waals surface area contributed by atoms with Gasteiger partial charge in [0.1, 0.15) is 11.5 Å². The molecule has 2 aromatic rings. The smallest absolute Gasteiger partial charge is 0.241 e. The van der Waals surface area contributed by atoms with Crippen LogP contribution in [0.3, 0.4) is 0 Å². The fourth-order valence-corrected chi connectivity index (χ4v) is 4.68. The number of nitrogens with zero attached hydrogens (tertiary/aromatic N) is 4. The first-order valence-corrected chi connectivity index (χ1v) is 11.3. The summed E-state index contributed by atoms with van der Waals surface area (Å²) in [6.07, 6.45) is 1.93. The first-order valence-electron chi connectivity index (χ1n) is 11.3. The van der Waals surface area contributed by atoms with Gasteiger partial charge in [0, 0.05) is 68.8 Å². The van der Waals surface area contributed by atoms with Crippen LogP contribution in [0.4, 0.5) is 17.2 Å². The van der Waals surface area contributed by atoms with Crippen molar-refractivity contribution in [3.8, 4) is 0 Å². The summed E-state index contributed by atoms with van der Waals surface area (Å²) in [5.41, 5.74) is 2.47. The van der Waals surface area contributed by atoms with Gasteiger partial charge < -0.3 is 19.9 Å². The van der Waals surface area contributed by atoms with Crippen LogP contribution in [0, 0.1) is 0 Å². The number of fused-ring (bicyclic) bond motifs is 1. The molecule has 1 fully saturated rings. The minimum atomic E-state index is -0.503. The van der Waals surface area contributed by atoms with E-state index in [1.807, 2.05) is 54.2 Å². The second-order valence-electron chi connectivity index (χ2n) is 9.86. The van der Waals surface area contributed by atoms with E-state index in [9.17, 15) is 4.79 Å². The normalized spacial score (nSPS) is 24.9. The number of piperazine rings is 1. The number of amides is 1. The Balaban J connectivity index is 1.62. The maximum Gasteiger partial charge on any atom is 0.241 e. The van der Waals surface area contributed by atoms with Gasteiger partial charge in [0.25, 0.3) is 0 Å². The van der Waals surface area contributed by atoms with Crippen LogP contribution in [0.1, 0.15) is 33.3 Å². The Hall–Kier alpha value is -2.48. The molecule has 2 atom stereocenters. The summed E-state index contributed by atoms with van der Waals surface area (Å²) < 4.78 is 5.79. The number of nitrogens with one attached hydrogen (secondary N) is 1. The molecule has 1 saturated heterocycles. The third-order valence-electron chi connectivity index (χ3n) is 6.94. The van der Waals surface area contributed by atoms with Crippen LogP contribution in [-0.4, -0.2) is 67.9 Å². The second kappa shape index (κ2) is 8.46. The van der Waals surface area contributed by atoms with Crippen LogP contribution >= 0.6 is 0 Å². The Labute approximate surface area is 191 Å². The fourth-order valence-electron chi connectivity index (χ4n) is 4.68. The van der Waals surface area contributed by atoms with Crippen molar-refractivity contribution in [2.24, 2.45) is 0 Å². The summed E-state index contributed by atoms with van der Waals surface area (Å²) in [5.74, 6) is 0.914. The Morgan fingerprint density at radius 1 is 1.28 bits per heavy atom. The molecule has 2 aliphatic rings. The lowest BCUT2D eigenvalue weighted by molar-refractivity contribution is -0.150. The van der Waals surface area contributed by atoms with Crippen molar-refractivity contribution in [3.63, 3.8) is 0 Å². The van der Waals surface area contributed by atoms with Crippen LogP contribution < -0.4 is 15.1 Å². The molecule has 1 N–H and O–H groups in total. The Morgan fingerprint density at radius 2 is 2.00 bits per heavy atom. The Bertz CT molecular complexity index is 980. The van der Waals surface area contributed by atoms with E-state index in [1.54, 1.807) is 7.11 Å². The van der Waals surface area contributed by atoms with Gasteiger partial charge >= 0.3 is 0 Å². The molecule has 4 rings (SSSR count). The number of ether oxygens (including phenoxy) is 1. The maximum atomic E-state index is 13.6. The summed E-state index contributed by atoms with van der Waals surface area (Å²) in [4.78, 5) is 24.5. The first kappa shape index (κ1) is 22.7. The molecular weight excluding hydrogens is 402 g/mol. The van der Waals surface area contributed by atoms with Gasteiger partial charge in [-0.3, -0.25) is 9.69 Å². The largest absolute Gasteiger partial charge is 0.363 e. The highest BCUT2D eigenvalue weighted by atomic mass is 16.5. The number of carbonyl (C=O) groups excluding carboxylic acids is 1. The summed E-state index contributed by atoms with van der Waals surface area (Å²) >= 11 is 0. The van der Waals surface area contributed by atoms with E-state index in [1.165, 1.54) is 0 Å². The monoisotopic (exact) mass is 437 g/mol. The SMILES string of the molecule is CO[C@]1(C)CN[C@H](C)CN1CC(=O)N1CC(C)(C)c2cnc(N(C)c3ccccc3)cc21. The number of methoxy groups -OCH3 is 1. The summed E-state index contributed by atoms with van der Waals surface area (Å²) in [7, 11) is 3.71. The highest BCUT2D eigenvalue weighted by molar-refractivity contribution is 5.98. The van der Waals surface area contributed by atoms with Gasteiger partial charge in [-0.25, -0.2) is 4.98 Å². The molecule has 7 heteroatoms. The van der Waals surface area contributed by atoms with Crippen molar-refractivity contribution in [1.82, 2.24) is 15.2 Å². The van der Waals surface area contributed by atoms with E-state index in [0.717, 1.165) is 29.3 Å². The number of anilines is 3. The molecule has 32 heavy (non-hydrogen) atoms. The minimum Gasteiger partial charge on any atom is -0.363 e. The van der Waals surface area contributed by atoms with Crippen molar-refractivity contribution in [2.75, 3.05) is 50.1 Å². The summed E-state index contributed by atoms with van der Waals surface area (Å²) in [5, 5.41) is 3.46. The predicted molar refractivity (Wildman–Crippen MR) is 129 cm³/mol. The molecule has 0 saturated carbocycles. The van der Waals surface area contributed by atoms with Crippen molar-refractivity contribution in [2.45, 2.75) is 44.9 Å². The lowest BCUT2D eigenvalue weighted by Crippen LogP contribution is -2.65. The van der Waals surface area contributed by atoms with Gasteiger partial charge in [-0.1, -0.05) is 32.0 Å². The molecule has 1 aromatic carbocycles. The van der Waals surface area contributed by atoms with Crippen molar-refractivity contribution in [1.29, 1.82) is 0 Å². The summed E-state index contributed by atoms with van der Waals surface area (Å²) in [6.45, 7) is 10.9. The van der Waals surface area contributed by atoms with E-state index in [2.05, 4.69) is 43.1 Å². The third-order valence-corrected chi connectivity index (χ3v) is 6.94. The average Bonchev–Trinajstić information content (AvgIpc) is 3.07. The lowest BCUT2D eigenvalue weighted by atomic mass is 9.88. The van der Waals surface area contributed by atoms with E-state index < -0.39 is 5.72 Å². The number of pyridine rings is 1. The third kappa shape index (κ3) is 4.12. The summed E-state index contributed by atoms with van der Waals surface area (Å²) in [6, 6.07) is 12.5. The number of hydrogen-bond donors (Lipinski definition) is 1. The number of aromatic nitrogens is 1. The van der Waals surface area contributed by atoms with E-state index in [0.29, 0.717) is 25.7 Å². The minimum absolute atomic E-state index is 0.0914. The molecule has 0 radical (unpaired) electrons. The van der Waals surface area contributed by atoms with Crippen molar-refractivity contribution >= 4 is 23.1 Å². The highest BCUT2D eigenvalue weighted by Crippen LogP contribution is 2.42. The van der Waals surface area contributed by atoms with Gasteiger partial charge in [-0.05, 0) is 26.0 Å². The zero-order chi connectivity index (χ0) is 23.1. The molecule has 3 heterocycles. The first-order chi connectivity index (χ1) is 15.1. The van der Waals surface area contributed by atoms with E-state index >= 15 is 0 Å². The van der Waals surface area contributed by atoms with Crippen LogP contribution in [0.25, 0.3) is 0 Å². The van der Waals surface area contributed by atoms with Crippen molar-refractivity contribution in [3.05, 3.63) is 48.2 Å². The maximum absolute atomic E-state index is 13.6. The highest BCUT2D eigenvalue weighted by Gasteiger charge is 2.42. The van der Waals surface area contributed by atoms with Crippen LogP contribution in [0.15, 0.2) is 42.6 Å². The van der Waals surface area contributed by atoms with Gasteiger partial charge in [0.15, 0.2) is 0 Å². The predicted octanol–water partition coefficient (Wildman–Crippen LogP) is 3.13. The fraction of sp³-hybridized carbons (Fsp3) is 0.520. The van der Waals surface area contributed by atoms with E-state index in [-0.39, 0.29) is 11.3 Å². The molecule has 172 valence electrons. The Kier molecular flexibility index (Phi) is 6.00. The quantitative estimate of drug-likeness (QED) is 0.776. The number of hydrogen-bond acceptors (Lipinski definition) is 6. The van der Waals surface area contributed by atoms with Crippen LogP contribution in [-0.2, 0) is 14.9 Å². The molecular formula is C25H35N5O2. The lowest BCUT2D eigenvalue weighted by Gasteiger charge is -2.46. The molecule has 7 nitrogen and oxygen atoms in total. The standard InChI is InChI=1S/C25H35N5O2/c1-18-14-29(25(4,32-6)16-27-18)15-23(31)30-17-24(2,3)20-13-26-22(12-21(20)30)28(5)19-10-8-7-9-11-19/h7-13,18,27H,14-17H2,1-6H3/t18-,25-/m1/s1. The van der Waals surface area contributed by atoms with Gasteiger partial charge in [-0.2, -0.15) is 0 Å². The number of para-hydroxylation sites is 1. The zero-order valence-corrected chi connectivity index (χ0v) is 20.1. The molecule has 0 aliphatic carbocycles. The van der Waals surface area contributed by atoms with Crippen molar-refractivity contribution < 1.29 is 9.53 Å². The molecule has 2 aliphatic heterocycles. The van der Waals surface area contributed by atoms with Crippen LogP contribution in [0.5, 0.6) is 0 Å². The van der Waals surface area contributed by atoms with Gasteiger partial charge in [-0.15, -0.1) is 0 Å². The van der Waals surface area contributed by atoms with E-state index in [4.69, 9.17) is 9.72 Å². The topological polar surface area (TPSA) is 60.9 Å². The molecule has 0 spiro atoms. The molecule has 0 bridgehead atoms.